The maximum atomic E-state index is 13.0. The molecular formula is C22H37N3O3. The molecule has 0 saturated carbocycles. The Hall–Kier alpha value is -1.69. The van der Waals surface area contributed by atoms with Crippen molar-refractivity contribution < 1.29 is 14.4 Å². The molecular weight excluding hydrogens is 354 g/mol. The lowest BCUT2D eigenvalue weighted by molar-refractivity contribution is -0.148. The lowest BCUT2D eigenvalue weighted by Crippen LogP contribution is -2.52. The summed E-state index contributed by atoms with van der Waals surface area (Å²) in [6.07, 6.45) is 5.63. The van der Waals surface area contributed by atoms with E-state index in [9.17, 15) is 14.4 Å². The molecule has 0 aromatic heterocycles. The van der Waals surface area contributed by atoms with Crippen LogP contribution in [0.3, 0.4) is 0 Å². The maximum absolute atomic E-state index is 13.0. The molecule has 2 rings (SSSR count). The van der Waals surface area contributed by atoms with E-state index in [0.29, 0.717) is 37.9 Å². The number of nitrogens with one attached hydrogen (secondary N) is 1. The monoisotopic (exact) mass is 391 g/mol. The molecule has 1 heterocycles. The predicted molar refractivity (Wildman–Crippen MR) is 110 cm³/mol. The number of amides is 3. The van der Waals surface area contributed by atoms with Gasteiger partial charge in [0.1, 0.15) is 6.04 Å². The van der Waals surface area contributed by atoms with Crippen molar-refractivity contribution in [1.82, 2.24) is 15.1 Å². The number of likely N-dealkylation sites (tertiary alicyclic amines) is 1. The van der Waals surface area contributed by atoms with E-state index in [1.54, 1.807) is 0 Å². The van der Waals surface area contributed by atoms with Gasteiger partial charge < -0.3 is 5.32 Å². The molecule has 3 atom stereocenters. The Labute approximate surface area is 169 Å². The number of rotatable bonds is 9. The summed E-state index contributed by atoms with van der Waals surface area (Å²) < 4.78 is 0. The van der Waals surface area contributed by atoms with E-state index >= 15 is 0 Å². The summed E-state index contributed by atoms with van der Waals surface area (Å²) >= 11 is 0. The first-order valence-corrected chi connectivity index (χ1v) is 10.7. The zero-order chi connectivity index (χ0) is 21.0. The third-order valence-corrected chi connectivity index (χ3v) is 5.85. The van der Waals surface area contributed by atoms with Gasteiger partial charge >= 0.3 is 0 Å². The van der Waals surface area contributed by atoms with Crippen molar-refractivity contribution in [2.24, 2.45) is 17.8 Å². The van der Waals surface area contributed by atoms with E-state index in [2.05, 4.69) is 37.9 Å². The molecule has 1 aliphatic heterocycles. The number of imide groups is 1. The Bertz CT molecular complexity index is 578. The summed E-state index contributed by atoms with van der Waals surface area (Å²) in [4.78, 5) is 42.4. The average Bonchev–Trinajstić information content (AvgIpc) is 2.87. The van der Waals surface area contributed by atoms with Crippen LogP contribution in [-0.4, -0.2) is 58.7 Å². The second-order valence-electron chi connectivity index (χ2n) is 9.06. The Balaban J connectivity index is 2.07. The SMILES string of the molecule is CC(C)CC(C(=O)NCCN(C(C)C)C(C)C)N1C(=O)C2CC=CCC2C1=O. The Morgan fingerprint density at radius 2 is 1.54 bits per heavy atom. The first kappa shape index (κ1) is 22.6. The fourth-order valence-electron chi connectivity index (χ4n) is 4.45. The minimum absolute atomic E-state index is 0.175. The van der Waals surface area contributed by atoms with Crippen LogP contribution in [0.15, 0.2) is 12.2 Å². The number of hydrogen-bond acceptors (Lipinski definition) is 4. The molecule has 0 radical (unpaired) electrons. The van der Waals surface area contributed by atoms with Crippen molar-refractivity contribution in [3.8, 4) is 0 Å². The second-order valence-corrected chi connectivity index (χ2v) is 9.06. The number of nitrogens with zero attached hydrogens (tertiary/aromatic N) is 2. The molecule has 158 valence electrons. The Morgan fingerprint density at radius 3 is 1.96 bits per heavy atom. The third-order valence-electron chi connectivity index (χ3n) is 5.85. The van der Waals surface area contributed by atoms with Crippen LogP contribution in [-0.2, 0) is 14.4 Å². The van der Waals surface area contributed by atoms with Crippen LogP contribution in [0.5, 0.6) is 0 Å². The van der Waals surface area contributed by atoms with Crippen LogP contribution in [0.1, 0.15) is 60.8 Å². The smallest absolute Gasteiger partial charge is 0.243 e. The maximum Gasteiger partial charge on any atom is 0.243 e. The van der Waals surface area contributed by atoms with Crippen LogP contribution in [0, 0.1) is 17.8 Å². The molecule has 0 aromatic carbocycles. The molecule has 6 heteroatoms. The van der Waals surface area contributed by atoms with Gasteiger partial charge in [-0.05, 0) is 52.9 Å². The quantitative estimate of drug-likeness (QED) is 0.484. The van der Waals surface area contributed by atoms with Gasteiger partial charge in [0.15, 0.2) is 0 Å². The molecule has 0 aromatic rings. The van der Waals surface area contributed by atoms with Crippen LogP contribution in [0.25, 0.3) is 0 Å². The molecule has 3 amide bonds. The molecule has 1 N–H and O–H groups in total. The van der Waals surface area contributed by atoms with Gasteiger partial charge in [-0.15, -0.1) is 0 Å². The zero-order valence-corrected chi connectivity index (χ0v) is 18.3. The Morgan fingerprint density at radius 1 is 1.04 bits per heavy atom. The number of carbonyl (C=O) groups is 3. The molecule has 1 fully saturated rings. The van der Waals surface area contributed by atoms with E-state index in [1.165, 1.54) is 4.90 Å². The highest BCUT2D eigenvalue weighted by Gasteiger charge is 2.51. The van der Waals surface area contributed by atoms with Crippen molar-refractivity contribution >= 4 is 17.7 Å². The van der Waals surface area contributed by atoms with Gasteiger partial charge in [-0.3, -0.25) is 24.2 Å². The van der Waals surface area contributed by atoms with Gasteiger partial charge in [0.2, 0.25) is 17.7 Å². The number of allylic oxidation sites excluding steroid dienone is 2. The molecule has 0 bridgehead atoms. The molecule has 0 spiro atoms. The van der Waals surface area contributed by atoms with Gasteiger partial charge in [-0.25, -0.2) is 0 Å². The molecule has 28 heavy (non-hydrogen) atoms. The van der Waals surface area contributed by atoms with Crippen LogP contribution in [0.2, 0.25) is 0 Å². The van der Waals surface area contributed by atoms with Gasteiger partial charge in [0, 0.05) is 25.2 Å². The van der Waals surface area contributed by atoms with Crippen molar-refractivity contribution in [2.75, 3.05) is 13.1 Å². The van der Waals surface area contributed by atoms with E-state index in [4.69, 9.17) is 0 Å². The van der Waals surface area contributed by atoms with Gasteiger partial charge in [-0.1, -0.05) is 26.0 Å². The van der Waals surface area contributed by atoms with Crippen molar-refractivity contribution in [1.29, 1.82) is 0 Å². The second kappa shape index (κ2) is 9.68. The highest BCUT2D eigenvalue weighted by atomic mass is 16.2. The summed E-state index contributed by atoms with van der Waals surface area (Å²) in [5, 5.41) is 2.99. The van der Waals surface area contributed by atoms with E-state index in [-0.39, 0.29) is 35.5 Å². The standard InChI is InChI=1S/C22H37N3O3/c1-14(2)13-19(20(26)23-11-12-24(15(3)4)16(5)6)25-21(27)17-9-7-8-10-18(17)22(25)28/h7-8,14-19H,9-13H2,1-6H3,(H,23,26). The molecule has 6 nitrogen and oxygen atoms in total. The summed E-state index contributed by atoms with van der Waals surface area (Å²) in [6, 6.07) is 0.0681. The molecule has 1 saturated heterocycles. The van der Waals surface area contributed by atoms with Crippen molar-refractivity contribution in [3.05, 3.63) is 12.2 Å². The first-order valence-electron chi connectivity index (χ1n) is 10.7. The summed E-state index contributed by atoms with van der Waals surface area (Å²) in [7, 11) is 0. The first-order chi connectivity index (χ1) is 13.1. The minimum Gasteiger partial charge on any atom is -0.353 e. The highest BCUT2D eigenvalue weighted by molar-refractivity contribution is 6.08. The minimum atomic E-state index is -0.711. The fraction of sp³-hybridized carbons (Fsp3) is 0.773. The molecule has 1 aliphatic carbocycles. The lowest BCUT2D eigenvalue weighted by Gasteiger charge is -2.31. The lowest BCUT2D eigenvalue weighted by atomic mass is 9.85. The number of hydrogen-bond donors (Lipinski definition) is 1. The van der Waals surface area contributed by atoms with E-state index in [0.717, 1.165) is 6.54 Å². The van der Waals surface area contributed by atoms with E-state index < -0.39 is 6.04 Å². The van der Waals surface area contributed by atoms with Gasteiger partial charge in [0.05, 0.1) is 11.8 Å². The topological polar surface area (TPSA) is 69.7 Å². The summed E-state index contributed by atoms with van der Waals surface area (Å²) in [6.45, 7) is 13.8. The van der Waals surface area contributed by atoms with Crippen LogP contribution in [0.4, 0.5) is 0 Å². The highest BCUT2D eigenvalue weighted by Crippen LogP contribution is 2.37. The number of carbonyl (C=O) groups excluding carboxylic acids is 3. The van der Waals surface area contributed by atoms with E-state index in [1.807, 2.05) is 26.0 Å². The molecule has 2 aliphatic rings. The Kier molecular flexibility index (Phi) is 7.81. The largest absolute Gasteiger partial charge is 0.353 e. The van der Waals surface area contributed by atoms with Gasteiger partial charge in [-0.2, -0.15) is 0 Å². The fourth-order valence-corrected chi connectivity index (χ4v) is 4.45. The molecule has 3 unspecified atom stereocenters. The summed E-state index contributed by atoms with van der Waals surface area (Å²) in [5.74, 6) is -0.943. The van der Waals surface area contributed by atoms with Gasteiger partial charge in [0.25, 0.3) is 0 Å². The number of fused-ring (bicyclic) bond motifs is 1. The third kappa shape index (κ3) is 5.02. The summed E-state index contributed by atoms with van der Waals surface area (Å²) in [5.41, 5.74) is 0. The average molecular weight is 392 g/mol. The van der Waals surface area contributed by atoms with Crippen molar-refractivity contribution in [3.63, 3.8) is 0 Å². The van der Waals surface area contributed by atoms with Crippen molar-refractivity contribution in [2.45, 2.75) is 78.9 Å². The predicted octanol–water partition coefficient (Wildman–Crippen LogP) is 2.59. The van der Waals surface area contributed by atoms with Crippen LogP contribution >= 0.6 is 0 Å². The zero-order valence-electron chi connectivity index (χ0n) is 18.3. The normalized spacial score (nSPS) is 23.3. The van der Waals surface area contributed by atoms with Crippen LogP contribution < -0.4 is 5.32 Å².